The van der Waals surface area contributed by atoms with E-state index in [-0.39, 0.29) is 44.4 Å². The van der Waals surface area contributed by atoms with Crippen molar-refractivity contribution in [2.24, 2.45) is 11.1 Å². The molecule has 3 amide bonds. The lowest BCUT2D eigenvalue weighted by molar-refractivity contribution is -0.144. The van der Waals surface area contributed by atoms with Gasteiger partial charge in [0.2, 0.25) is 17.7 Å². The molecule has 3 atom stereocenters. The number of rotatable bonds is 11. The summed E-state index contributed by atoms with van der Waals surface area (Å²) in [4.78, 5) is 46.0. The van der Waals surface area contributed by atoms with Crippen LogP contribution in [0.1, 0.15) is 44.9 Å². The molecule has 0 saturated carbocycles. The smallest absolute Gasteiger partial charge is 0.246 e. The molecule has 10 nitrogen and oxygen atoms in total. The van der Waals surface area contributed by atoms with Gasteiger partial charge in [0, 0.05) is 32.5 Å². The summed E-state index contributed by atoms with van der Waals surface area (Å²) in [6.45, 7) is 8.75. The first-order valence-corrected chi connectivity index (χ1v) is 13.7. The highest BCUT2D eigenvalue weighted by molar-refractivity contribution is 7.13. The summed E-state index contributed by atoms with van der Waals surface area (Å²) in [5.41, 5.74) is 9.55. The molecule has 1 fully saturated rings. The quantitative estimate of drug-likeness (QED) is 0.314. The van der Waals surface area contributed by atoms with E-state index in [4.69, 9.17) is 10.5 Å². The van der Waals surface area contributed by atoms with Crippen LogP contribution in [0.5, 0.6) is 0 Å². The Hall–Kier alpha value is -2.86. The molecule has 2 heterocycles. The number of aryl methyl sites for hydroxylation is 1. The van der Waals surface area contributed by atoms with Crippen molar-refractivity contribution in [3.05, 3.63) is 41.0 Å². The molecule has 5 N–H and O–H groups in total. The Kier molecular flexibility index (Phi) is 10.4. The number of thiazole rings is 1. The first-order chi connectivity index (χ1) is 18.0. The summed E-state index contributed by atoms with van der Waals surface area (Å²) in [6.07, 6.45) is -0.593. The van der Waals surface area contributed by atoms with Crippen molar-refractivity contribution < 1.29 is 24.2 Å². The highest BCUT2D eigenvalue weighted by atomic mass is 32.1. The topological polar surface area (TPSA) is 147 Å². The molecule has 0 aliphatic carbocycles. The predicted molar refractivity (Wildman–Crippen MR) is 146 cm³/mol. The summed E-state index contributed by atoms with van der Waals surface area (Å²) >= 11 is 1.58. The van der Waals surface area contributed by atoms with Crippen LogP contribution in [-0.4, -0.2) is 77.2 Å². The van der Waals surface area contributed by atoms with Crippen LogP contribution in [0.3, 0.4) is 0 Å². The largest absolute Gasteiger partial charge is 0.391 e. The third kappa shape index (κ3) is 7.83. The summed E-state index contributed by atoms with van der Waals surface area (Å²) < 4.78 is 5.27. The van der Waals surface area contributed by atoms with E-state index in [0.717, 1.165) is 21.7 Å². The molecule has 0 bridgehead atoms. The molecule has 0 spiro atoms. The number of ether oxygens (including phenoxy) is 1. The highest BCUT2D eigenvalue weighted by Crippen LogP contribution is 2.28. The van der Waals surface area contributed by atoms with E-state index in [2.05, 4.69) is 15.6 Å². The van der Waals surface area contributed by atoms with E-state index in [1.54, 1.807) is 11.3 Å². The second-order valence-corrected chi connectivity index (χ2v) is 11.4. The van der Waals surface area contributed by atoms with Gasteiger partial charge in [0.05, 0.1) is 35.4 Å². The molecule has 3 rings (SSSR count). The SMILES string of the molecule is Cc1ncsc1-c1ccc(CNC(=O)[C@@H]2C[C@@H](O)CN2C(=O)[C@@H](NC(=O)CCOCCN)C(C)(C)C)cc1. The number of nitrogens with zero attached hydrogens (tertiary/aromatic N) is 2. The zero-order valence-electron chi connectivity index (χ0n) is 22.5. The number of aliphatic hydroxyl groups is 1. The lowest BCUT2D eigenvalue weighted by Crippen LogP contribution is -2.57. The number of aliphatic hydroxyl groups excluding tert-OH is 1. The van der Waals surface area contributed by atoms with Crippen LogP contribution in [0, 0.1) is 12.3 Å². The number of β-amino-alcohol motifs (C(OH)–C–C–N with tert-alkyl or cyclic N) is 1. The van der Waals surface area contributed by atoms with E-state index in [1.165, 1.54) is 4.90 Å². The number of likely N-dealkylation sites (tertiary alicyclic amines) is 1. The summed E-state index contributed by atoms with van der Waals surface area (Å²) in [6, 6.07) is 6.19. The predicted octanol–water partition coefficient (Wildman–Crippen LogP) is 1.59. The average Bonchev–Trinajstić information content (AvgIpc) is 3.48. The maximum Gasteiger partial charge on any atom is 0.246 e. The normalized spacial score (nSPS) is 18.3. The number of amides is 3. The molecular weight excluding hydrogens is 506 g/mol. The minimum absolute atomic E-state index is 0.0296. The van der Waals surface area contributed by atoms with Gasteiger partial charge >= 0.3 is 0 Å². The molecule has 11 heteroatoms. The Morgan fingerprint density at radius 3 is 2.55 bits per heavy atom. The highest BCUT2D eigenvalue weighted by Gasteiger charge is 2.44. The van der Waals surface area contributed by atoms with Crippen molar-refractivity contribution >= 4 is 29.1 Å². The zero-order chi connectivity index (χ0) is 27.9. The van der Waals surface area contributed by atoms with Gasteiger partial charge in [0.15, 0.2) is 0 Å². The van der Waals surface area contributed by atoms with Crippen molar-refractivity contribution in [3.8, 4) is 10.4 Å². The lowest BCUT2D eigenvalue weighted by atomic mass is 9.85. The monoisotopic (exact) mass is 545 g/mol. The number of carbonyl (C=O) groups excluding carboxylic acids is 3. The van der Waals surface area contributed by atoms with Crippen LogP contribution in [0.25, 0.3) is 10.4 Å². The molecule has 0 radical (unpaired) electrons. The van der Waals surface area contributed by atoms with Crippen molar-refractivity contribution in [2.45, 2.75) is 65.3 Å². The molecule has 208 valence electrons. The number of nitrogens with one attached hydrogen (secondary N) is 2. The number of benzene rings is 1. The maximum absolute atomic E-state index is 13.6. The number of hydrogen-bond acceptors (Lipinski definition) is 8. The molecule has 1 saturated heterocycles. The van der Waals surface area contributed by atoms with Crippen LogP contribution in [0.15, 0.2) is 29.8 Å². The third-order valence-corrected chi connectivity index (χ3v) is 7.42. The second-order valence-electron chi connectivity index (χ2n) is 10.6. The Balaban J connectivity index is 1.63. The molecule has 1 aliphatic heterocycles. The Morgan fingerprint density at radius 1 is 1.24 bits per heavy atom. The first kappa shape index (κ1) is 29.7. The Morgan fingerprint density at radius 2 is 1.95 bits per heavy atom. The Bertz CT molecular complexity index is 1100. The minimum atomic E-state index is -0.868. The van der Waals surface area contributed by atoms with Gasteiger partial charge in [0.1, 0.15) is 12.1 Å². The van der Waals surface area contributed by atoms with Crippen molar-refractivity contribution in [3.63, 3.8) is 0 Å². The third-order valence-electron chi connectivity index (χ3n) is 6.45. The second kappa shape index (κ2) is 13.3. The van der Waals surface area contributed by atoms with Gasteiger partial charge < -0.3 is 31.1 Å². The first-order valence-electron chi connectivity index (χ1n) is 12.8. The van der Waals surface area contributed by atoms with Crippen molar-refractivity contribution in [2.75, 3.05) is 26.3 Å². The van der Waals surface area contributed by atoms with Crippen LogP contribution >= 0.6 is 11.3 Å². The average molecular weight is 546 g/mol. The van der Waals surface area contributed by atoms with Gasteiger partial charge in [0.25, 0.3) is 0 Å². The molecule has 1 aromatic carbocycles. The van der Waals surface area contributed by atoms with E-state index >= 15 is 0 Å². The molecule has 2 aromatic rings. The van der Waals surface area contributed by atoms with Crippen LogP contribution in [0.2, 0.25) is 0 Å². The summed E-state index contributed by atoms with van der Waals surface area (Å²) in [5, 5.41) is 16.0. The molecule has 1 aliphatic rings. The summed E-state index contributed by atoms with van der Waals surface area (Å²) in [5.74, 6) is -1.06. The van der Waals surface area contributed by atoms with Crippen LogP contribution in [0.4, 0.5) is 0 Å². The van der Waals surface area contributed by atoms with Crippen molar-refractivity contribution in [1.29, 1.82) is 0 Å². The number of hydrogen-bond donors (Lipinski definition) is 4. The van der Waals surface area contributed by atoms with Gasteiger partial charge in [-0.3, -0.25) is 14.4 Å². The van der Waals surface area contributed by atoms with E-state index < -0.39 is 29.5 Å². The zero-order valence-corrected chi connectivity index (χ0v) is 23.3. The van der Waals surface area contributed by atoms with Gasteiger partial charge in [-0.2, -0.15) is 0 Å². The van der Waals surface area contributed by atoms with E-state index in [1.807, 2.05) is 57.5 Å². The Labute approximate surface area is 228 Å². The number of carbonyl (C=O) groups is 3. The molecular formula is C27H39N5O5S. The summed E-state index contributed by atoms with van der Waals surface area (Å²) in [7, 11) is 0. The fourth-order valence-electron chi connectivity index (χ4n) is 4.36. The number of nitrogens with two attached hydrogens (primary N) is 1. The fourth-order valence-corrected chi connectivity index (χ4v) is 5.18. The van der Waals surface area contributed by atoms with E-state index in [9.17, 15) is 19.5 Å². The fraction of sp³-hybridized carbons (Fsp3) is 0.556. The van der Waals surface area contributed by atoms with Crippen LogP contribution in [-0.2, 0) is 25.7 Å². The number of aromatic nitrogens is 1. The molecule has 0 unspecified atom stereocenters. The standard InChI is InChI=1S/C27H39N5O5S/c1-17-23(38-16-30-17)19-7-5-18(6-8-19)14-29-25(35)21-13-20(33)15-32(21)26(36)24(27(2,3)4)31-22(34)9-11-37-12-10-28/h5-8,16,20-21,24,33H,9-15,28H2,1-4H3,(H,29,35)(H,31,34)/t20-,21+,24-/m1/s1. The lowest BCUT2D eigenvalue weighted by Gasteiger charge is -2.35. The van der Waals surface area contributed by atoms with E-state index in [0.29, 0.717) is 13.2 Å². The maximum atomic E-state index is 13.6. The van der Waals surface area contributed by atoms with Gasteiger partial charge in [-0.1, -0.05) is 45.0 Å². The van der Waals surface area contributed by atoms with Gasteiger partial charge in [-0.25, -0.2) is 4.98 Å². The molecule has 38 heavy (non-hydrogen) atoms. The van der Waals surface area contributed by atoms with Crippen LogP contribution < -0.4 is 16.4 Å². The van der Waals surface area contributed by atoms with Gasteiger partial charge in [-0.15, -0.1) is 11.3 Å². The minimum Gasteiger partial charge on any atom is -0.391 e. The van der Waals surface area contributed by atoms with Crippen molar-refractivity contribution in [1.82, 2.24) is 20.5 Å². The molecule has 1 aromatic heterocycles. The van der Waals surface area contributed by atoms with Gasteiger partial charge in [-0.05, 0) is 23.5 Å².